The minimum absolute atomic E-state index is 0.658. The van der Waals surface area contributed by atoms with Gasteiger partial charge >= 0.3 is 0 Å². The first-order chi connectivity index (χ1) is 15.3. The van der Waals surface area contributed by atoms with Crippen LogP contribution in [0.2, 0.25) is 0 Å². The van der Waals surface area contributed by atoms with Crippen molar-refractivity contribution in [1.82, 2.24) is 4.90 Å². The van der Waals surface area contributed by atoms with E-state index in [-0.39, 0.29) is 0 Å². The SMILES string of the molecule is CSc1ccc(/C(=N\OCCCCN2CCCCC2)c2cccc3ccccc23)cc1. The number of thioether (sulfide) groups is 1. The van der Waals surface area contributed by atoms with Crippen LogP contribution >= 0.6 is 11.8 Å². The molecule has 0 amide bonds. The number of hydrogen-bond acceptors (Lipinski definition) is 4. The van der Waals surface area contributed by atoms with Gasteiger partial charge in [-0.2, -0.15) is 0 Å². The number of rotatable bonds is 9. The molecule has 1 aliphatic heterocycles. The van der Waals surface area contributed by atoms with Crippen molar-refractivity contribution in [2.75, 3.05) is 32.5 Å². The first kappa shape index (κ1) is 21.9. The fourth-order valence-corrected chi connectivity index (χ4v) is 4.64. The Kier molecular flexibility index (Phi) is 8.03. The monoisotopic (exact) mass is 432 g/mol. The van der Waals surface area contributed by atoms with Crippen LogP contribution in [0.1, 0.15) is 43.2 Å². The van der Waals surface area contributed by atoms with Crippen molar-refractivity contribution in [2.24, 2.45) is 5.16 Å². The van der Waals surface area contributed by atoms with Crippen molar-refractivity contribution >= 4 is 28.2 Å². The van der Waals surface area contributed by atoms with Gasteiger partial charge in [0.05, 0.1) is 0 Å². The lowest BCUT2D eigenvalue weighted by Crippen LogP contribution is -2.30. The Balaban J connectivity index is 1.48. The maximum atomic E-state index is 5.86. The summed E-state index contributed by atoms with van der Waals surface area (Å²) >= 11 is 1.75. The molecule has 0 radical (unpaired) electrons. The van der Waals surface area contributed by atoms with E-state index in [1.807, 2.05) is 0 Å². The molecule has 0 N–H and O–H groups in total. The number of fused-ring (bicyclic) bond motifs is 1. The van der Waals surface area contributed by atoms with Gasteiger partial charge in [0.2, 0.25) is 0 Å². The van der Waals surface area contributed by atoms with Gasteiger partial charge in [0, 0.05) is 16.0 Å². The minimum Gasteiger partial charge on any atom is -0.395 e. The van der Waals surface area contributed by atoms with Gasteiger partial charge in [-0.05, 0) is 74.5 Å². The van der Waals surface area contributed by atoms with Gasteiger partial charge in [0.15, 0.2) is 0 Å². The molecule has 1 fully saturated rings. The molecule has 3 nitrogen and oxygen atoms in total. The second-order valence-corrected chi connectivity index (χ2v) is 9.02. The summed E-state index contributed by atoms with van der Waals surface area (Å²) < 4.78 is 0. The summed E-state index contributed by atoms with van der Waals surface area (Å²) in [5.41, 5.74) is 3.10. The molecule has 1 heterocycles. The van der Waals surface area contributed by atoms with Gasteiger partial charge < -0.3 is 9.74 Å². The summed E-state index contributed by atoms with van der Waals surface area (Å²) in [6.45, 7) is 4.36. The first-order valence-corrected chi connectivity index (χ1v) is 12.6. The third kappa shape index (κ3) is 5.90. The molecule has 0 aliphatic carbocycles. The minimum atomic E-state index is 0.658. The molecular formula is C27H32N2OS. The van der Waals surface area contributed by atoms with Crippen LogP contribution < -0.4 is 0 Å². The Bertz CT molecular complexity index is 988. The molecular weight excluding hydrogens is 400 g/mol. The summed E-state index contributed by atoms with van der Waals surface area (Å²) in [5, 5.41) is 7.07. The van der Waals surface area contributed by atoms with Gasteiger partial charge in [-0.3, -0.25) is 0 Å². The molecule has 3 aromatic carbocycles. The normalized spacial score (nSPS) is 15.3. The number of hydrogen-bond donors (Lipinski definition) is 0. The standard InChI is InChI=1S/C27H32N2OS/c1-31-24-16-14-23(15-17-24)27(26-13-9-11-22-10-3-4-12-25(22)26)28-30-21-8-7-20-29-18-5-2-6-19-29/h3-4,9-17H,2,5-8,18-21H2,1H3/b28-27+. The van der Waals surface area contributed by atoms with E-state index in [0.29, 0.717) is 6.61 Å². The van der Waals surface area contributed by atoms with E-state index in [2.05, 4.69) is 83.0 Å². The van der Waals surface area contributed by atoms with Crippen molar-refractivity contribution < 1.29 is 4.84 Å². The second-order valence-electron chi connectivity index (χ2n) is 8.14. The molecule has 0 bridgehead atoms. The van der Waals surface area contributed by atoms with E-state index < -0.39 is 0 Å². The zero-order valence-electron chi connectivity index (χ0n) is 18.4. The fourth-order valence-electron chi connectivity index (χ4n) is 4.23. The molecule has 162 valence electrons. The van der Waals surface area contributed by atoms with Crippen molar-refractivity contribution in [3.63, 3.8) is 0 Å². The Labute approximate surface area is 190 Å². The number of nitrogens with zero attached hydrogens (tertiary/aromatic N) is 2. The maximum absolute atomic E-state index is 5.86. The largest absolute Gasteiger partial charge is 0.395 e. The molecule has 3 aromatic rings. The molecule has 1 saturated heterocycles. The van der Waals surface area contributed by atoms with Crippen molar-refractivity contribution in [2.45, 2.75) is 37.0 Å². The van der Waals surface area contributed by atoms with Crippen LogP contribution in [0.4, 0.5) is 0 Å². The summed E-state index contributed by atoms with van der Waals surface area (Å²) in [5.74, 6) is 0. The Morgan fingerprint density at radius 2 is 1.68 bits per heavy atom. The maximum Gasteiger partial charge on any atom is 0.117 e. The van der Waals surface area contributed by atoms with Gasteiger partial charge in [-0.1, -0.05) is 66.2 Å². The predicted molar refractivity (Wildman–Crippen MR) is 133 cm³/mol. The summed E-state index contributed by atoms with van der Waals surface area (Å²) in [6.07, 6.45) is 8.40. The molecule has 0 saturated carbocycles. The first-order valence-electron chi connectivity index (χ1n) is 11.4. The smallest absolute Gasteiger partial charge is 0.117 e. The van der Waals surface area contributed by atoms with Crippen LogP contribution in [0.25, 0.3) is 10.8 Å². The molecule has 4 rings (SSSR count). The molecule has 1 aliphatic rings. The highest BCUT2D eigenvalue weighted by molar-refractivity contribution is 7.98. The topological polar surface area (TPSA) is 24.8 Å². The third-order valence-corrected chi connectivity index (χ3v) is 6.72. The molecule has 0 atom stereocenters. The lowest BCUT2D eigenvalue weighted by atomic mass is 9.97. The Hall–Kier alpha value is -2.30. The van der Waals surface area contributed by atoms with E-state index in [0.717, 1.165) is 23.3 Å². The average molecular weight is 433 g/mol. The molecule has 0 spiro atoms. The van der Waals surface area contributed by atoms with E-state index in [4.69, 9.17) is 4.84 Å². The molecule has 0 aromatic heterocycles. The number of likely N-dealkylation sites (tertiary alicyclic amines) is 1. The number of benzene rings is 3. The van der Waals surface area contributed by atoms with Crippen molar-refractivity contribution in [3.05, 3.63) is 77.9 Å². The summed E-state index contributed by atoms with van der Waals surface area (Å²) in [6, 6.07) is 23.5. The highest BCUT2D eigenvalue weighted by atomic mass is 32.2. The van der Waals surface area contributed by atoms with E-state index >= 15 is 0 Å². The highest BCUT2D eigenvalue weighted by Gasteiger charge is 2.12. The van der Waals surface area contributed by atoms with Crippen LogP contribution in [-0.2, 0) is 4.84 Å². The van der Waals surface area contributed by atoms with Gasteiger partial charge in [0.1, 0.15) is 12.3 Å². The average Bonchev–Trinajstić information content (AvgIpc) is 2.84. The van der Waals surface area contributed by atoms with Crippen molar-refractivity contribution in [3.8, 4) is 0 Å². The zero-order chi connectivity index (χ0) is 21.3. The summed E-state index contributed by atoms with van der Waals surface area (Å²) in [4.78, 5) is 9.70. The number of piperidine rings is 1. The number of unbranched alkanes of at least 4 members (excludes halogenated alkanes) is 1. The lowest BCUT2D eigenvalue weighted by molar-refractivity contribution is 0.134. The lowest BCUT2D eigenvalue weighted by Gasteiger charge is -2.26. The van der Waals surface area contributed by atoms with E-state index in [1.165, 1.54) is 61.0 Å². The quantitative estimate of drug-likeness (QED) is 0.165. The van der Waals surface area contributed by atoms with Crippen LogP contribution in [-0.4, -0.2) is 43.1 Å². The van der Waals surface area contributed by atoms with Gasteiger partial charge in [-0.15, -0.1) is 11.8 Å². The van der Waals surface area contributed by atoms with E-state index in [9.17, 15) is 0 Å². The predicted octanol–water partition coefficient (Wildman–Crippen LogP) is 6.60. The second kappa shape index (κ2) is 11.4. The molecule has 0 unspecified atom stereocenters. The summed E-state index contributed by atoms with van der Waals surface area (Å²) in [7, 11) is 0. The van der Waals surface area contributed by atoms with Crippen molar-refractivity contribution in [1.29, 1.82) is 0 Å². The Morgan fingerprint density at radius 1 is 0.903 bits per heavy atom. The number of oxime groups is 1. The highest BCUT2D eigenvalue weighted by Crippen LogP contribution is 2.24. The molecule has 31 heavy (non-hydrogen) atoms. The van der Waals surface area contributed by atoms with Crippen LogP contribution in [0, 0.1) is 0 Å². The van der Waals surface area contributed by atoms with Crippen LogP contribution in [0.15, 0.2) is 76.8 Å². The van der Waals surface area contributed by atoms with Crippen LogP contribution in [0.3, 0.4) is 0 Å². The molecule has 4 heteroatoms. The van der Waals surface area contributed by atoms with Gasteiger partial charge in [0.25, 0.3) is 0 Å². The van der Waals surface area contributed by atoms with Gasteiger partial charge in [-0.25, -0.2) is 0 Å². The van der Waals surface area contributed by atoms with E-state index in [1.54, 1.807) is 11.8 Å². The fraction of sp³-hybridized carbons (Fsp3) is 0.370. The van der Waals surface area contributed by atoms with Crippen LogP contribution in [0.5, 0.6) is 0 Å². The third-order valence-electron chi connectivity index (χ3n) is 5.97. The zero-order valence-corrected chi connectivity index (χ0v) is 19.2. The Morgan fingerprint density at radius 3 is 2.48 bits per heavy atom.